The molecule has 0 fully saturated rings. The zero-order chi connectivity index (χ0) is 21.1. The molecule has 4 aromatic rings. The average molecular weight is 404 g/mol. The molecule has 0 aliphatic carbocycles. The molecule has 0 saturated carbocycles. The molecule has 0 unspecified atom stereocenters. The molecule has 1 heterocycles. The van der Waals surface area contributed by atoms with Crippen molar-refractivity contribution in [2.75, 3.05) is 11.9 Å². The van der Waals surface area contributed by atoms with Crippen LogP contribution in [0.4, 0.5) is 10.1 Å². The van der Waals surface area contributed by atoms with E-state index in [4.69, 9.17) is 4.74 Å². The number of anilines is 1. The van der Waals surface area contributed by atoms with E-state index < -0.39 is 0 Å². The van der Waals surface area contributed by atoms with Crippen LogP contribution in [0.5, 0.6) is 5.75 Å². The van der Waals surface area contributed by atoms with E-state index in [1.165, 1.54) is 16.9 Å². The molecule has 7 heteroatoms. The van der Waals surface area contributed by atoms with Crippen LogP contribution in [0.1, 0.15) is 24.2 Å². The maximum atomic E-state index is 13.1. The minimum absolute atomic E-state index is 0.240. The Kier molecular flexibility index (Phi) is 5.43. The lowest BCUT2D eigenvalue weighted by Gasteiger charge is -2.10. The van der Waals surface area contributed by atoms with Crippen molar-refractivity contribution in [1.82, 2.24) is 15.0 Å². The summed E-state index contributed by atoms with van der Waals surface area (Å²) in [7, 11) is 0. The molecular formula is C23H21FN4O2. The Balaban J connectivity index is 1.52. The first-order valence-corrected chi connectivity index (χ1v) is 9.65. The molecule has 6 nitrogen and oxygen atoms in total. The molecule has 0 atom stereocenters. The van der Waals surface area contributed by atoms with E-state index in [-0.39, 0.29) is 11.7 Å². The summed E-state index contributed by atoms with van der Waals surface area (Å²) in [6.45, 7) is 4.73. The average Bonchev–Trinajstić information content (AvgIpc) is 3.16. The molecule has 0 bridgehead atoms. The summed E-state index contributed by atoms with van der Waals surface area (Å²) in [4.78, 5) is 14.1. The number of hydrogen-bond donors (Lipinski definition) is 1. The number of benzene rings is 3. The molecule has 0 saturated heterocycles. The number of ether oxygens (including phenoxy) is 1. The van der Waals surface area contributed by atoms with Gasteiger partial charge in [-0.15, -0.1) is 10.2 Å². The Labute approximate surface area is 173 Å². The Morgan fingerprint density at radius 1 is 1.03 bits per heavy atom. The van der Waals surface area contributed by atoms with Crippen LogP contribution >= 0.6 is 0 Å². The highest BCUT2D eigenvalue weighted by atomic mass is 19.1. The first-order chi connectivity index (χ1) is 14.5. The molecule has 0 spiro atoms. The van der Waals surface area contributed by atoms with Gasteiger partial charge < -0.3 is 10.1 Å². The van der Waals surface area contributed by atoms with Gasteiger partial charge in [0.05, 0.1) is 12.3 Å². The number of nitrogens with zero attached hydrogens (tertiary/aromatic N) is 3. The van der Waals surface area contributed by atoms with Gasteiger partial charge in [-0.2, -0.15) is 4.80 Å². The zero-order valence-corrected chi connectivity index (χ0v) is 16.7. The maximum absolute atomic E-state index is 13.1. The Morgan fingerprint density at radius 3 is 2.57 bits per heavy atom. The van der Waals surface area contributed by atoms with Crippen LogP contribution < -0.4 is 10.1 Å². The number of nitrogens with one attached hydrogen (secondary N) is 1. The van der Waals surface area contributed by atoms with Crippen molar-refractivity contribution in [2.24, 2.45) is 5.92 Å². The third kappa shape index (κ3) is 4.46. The predicted molar refractivity (Wildman–Crippen MR) is 114 cm³/mol. The second kappa shape index (κ2) is 8.32. The van der Waals surface area contributed by atoms with Crippen LogP contribution in [0.15, 0.2) is 66.7 Å². The van der Waals surface area contributed by atoms with E-state index in [9.17, 15) is 9.18 Å². The number of fused-ring (bicyclic) bond motifs is 1. The fraction of sp³-hybridized carbons (Fsp3) is 0.174. The van der Waals surface area contributed by atoms with Crippen LogP contribution in [0.3, 0.4) is 0 Å². The standard InChI is InChI=1S/C23H21FN4O2/c1-15(2)14-30-20-5-3-4-16(12-20)23(29)25-18-8-11-21-22(13-18)27-28(26-21)19-9-6-17(24)7-10-19/h3-13,15H,14H2,1-2H3,(H,25,29). The molecule has 0 aliphatic rings. The van der Waals surface area contributed by atoms with E-state index >= 15 is 0 Å². The normalized spacial score (nSPS) is 11.1. The van der Waals surface area contributed by atoms with Crippen LogP contribution in [-0.2, 0) is 0 Å². The van der Waals surface area contributed by atoms with Crippen LogP contribution in [0.2, 0.25) is 0 Å². The zero-order valence-electron chi connectivity index (χ0n) is 16.7. The summed E-state index contributed by atoms with van der Waals surface area (Å²) in [5.74, 6) is 0.501. The molecule has 4 rings (SSSR count). The summed E-state index contributed by atoms with van der Waals surface area (Å²) >= 11 is 0. The van der Waals surface area contributed by atoms with Crippen molar-refractivity contribution in [2.45, 2.75) is 13.8 Å². The number of carbonyl (C=O) groups excluding carboxylic acids is 1. The molecule has 0 radical (unpaired) electrons. The Bertz CT molecular complexity index is 1190. The van der Waals surface area contributed by atoms with Gasteiger partial charge in [-0.1, -0.05) is 19.9 Å². The van der Waals surface area contributed by atoms with Gasteiger partial charge in [-0.05, 0) is 66.6 Å². The van der Waals surface area contributed by atoms with Crippen LogP contribution in [-0.4, -0.2) is 27.5 Å². The lowest BCUT2D eigenvalue weighted by molar-refractivity contribution is 0.102. The number of hydrogen-bond acceptors (Lipinski definition) is 4. The summed E-state index contributed by atoms with van der Waals surface area (Å²) in [5.41, 5.74) is 3.04. The molecular weight excluding hydrogens is 383 g/mol. The Morgan fingerprint density at radius 2 is 1.80 bits per heavy atom. The van der Waals surface area contributed by atoms with Gasteiger partial charge in [0, 0.05) is 11.3 Å². The fourth-order valence-corrected chi connectivity index (χ4v) is 2.88. The maximum Gasteiger partial charge on any atom is 0.255 e. The Hall–Kier alpha value is -3.74. The number of rotatable bonds is 6. The molecule has 152 valence electrons. The van der Waals surface area contributed by atoms with Gasteiger partial charge >= 0.3 is 0 Å². The highest BCUT2D eigenvalue weighted by Gasteiger charge is 2.10. The summed E-state index contributed by atoms with van der Waals surface area (Å²) in [6, 6.07) is 18.3. The second-order valence-electron chi connectivity index (χ2n) is 7.36. The van der Waals surface area contributed by atoms with Crippen LogP contribution in [0, 0.1) is 11.7 Å². The van der Waals surface area contributed by atoms with E-state index in [1.807, 2.05) is 6.07 Å². The number of carbonyl (C=O) groups is 1. The minimum atomic E-state index is -0.320. The third-order valence-corrected chi connectivity index (χ3v) is 4.38. The van der Waals surface area contributed by atoms with Gasteiger partial charge in [0.15, 0.2) is 0 Å². The van der Waals surface area contributed by atoms with Crippen molar-refractivity contribution in [1.29, 1.82) is 0 Å². The van der Waals surface area contributed by atoms with Gasteiger partial charge in [0.1, 0.15) is 22.6 Å². The van der Waals surface area contributed by atoms with Gasteiger partial charge in [-0.25, -0.2) is 4.39 Å². The highest BCUT2D eigenvalue weighted by molar-refractivity contribution is 6.05. The van der Waals surface area contributed by atoms with Crippen molar-refractivity contribution >= 4 is 22.6 Å². The predicted octanol–water partition coefficient (Wildman–Crippen LogP) is 4.85. The first kappa shape index (κ1) is 19.6. The number of halogens is 1. The smallest absolute Gasteiger partial charge is 0.255 e. The lowest BCUT2D eigenvalue weighted by atomic mass is 10.2. The molecule has 1 aromatic heterocycles. The number of amides is 1. The molecule has 30 heavy (non-hydrogen) atoms. The van der Waals surface area contributed by atoms with Gasteiger partial charge in [-0.3, -0.25) is 4.79 Å². The van der Waals surface area contributed by atoms with Crippen molar-refractivity contribution in [3.05, 3.63) is 78.1 Å². The molecule has 1 amide bonds. The number of aromatic nitrogens is 3. The van der Waals surface area contributed by atoms with Gasteiger partial charge in [0.25, 0.3) is 5.91 Å². The summed E-state index contributed by atoms with van der Waals surface area (Å²) < 4.78 is 18.8. The van der Waals surface area contributed by atoms with Crippen molar-refractivity contribution in [3.8, 4) is 11.4 Å². The SMILES string of the molecule is CC(C)COc1cccc(C(=O)Nc2ccc3nn(-c4ccc(F)cc4)nc3c2)c1. The topological polar surface area (TPSA) is 69.0 Å². The first-order valence-electron chi connectivity index (χ1n) is 9.65. The van der Waals surface area contributed by atoms with Crippen LogP contribution in [0.25, 0.3) is 16.7 Å². The minimum Gasteiger partial charge on any atom is -0.493 e. The van der Waals surface area contributed by atoms with Gasteiger partial charge in [0.2, 0.25) is 0 Å². The van der Waals surface area contributed by atoms with E-state index in [1.54, 1.807) is 48.5 Å². The third-order valence-electron chi connectivity index (χ3n) is 4.38. The molecule has 3 aromatic carbocycles. The largest absolute Gasteiger partial charge is 0.493 e. The van der Waals surface area contributed by atoms with Crippen molar-refractivity contribution in [3.63, 3.8) is 0 Å². The molecule has 1 N–H and O–H groups in total. The monoisotopic (exact) mass is 404 g/mol. The van der Waals surface area contributed by atoms with E-state index in [2.05, 4.69) is 29.4 Å². The highest BCUT2D eigenvalue weighted by Crippen LogP contribution is 2.20. The van der Waals surface area contributed by atoms with E-state index in [0.717, 1.165) is 0 Å². The summed E-state index contributed by atoms with van der Waals surface area (Å²) in [6.07, 6.45) is 0. The van der Waals surface area contributed by atoms with Crippen molar-refractivity contribution < 1.29 is 13.9 Å². The second-order valence-corrected chi connectivity index (χ2v) is 7.36. The quantitative estimate of drug-likeness (QED) is 0.499. The van der Waals surface area contributed by atoms with E-state index in [0.29, 0.717) is 46.2 Å². The lowest BCUT2D eigenvalue weighted by Crippen LogP contribution is -2.12. The molecule has 0 aliphatic heterocycles. The fourth-order valence-electron chi connectivity index (χ4n) is 2.88. The summed E-state index contributed by atoms with van der Waals surface area (Å²) in [5, 5.41) is 11.7.